The van der Waals surface area contributed by atoms with Crippen LogP contribution in [0.25, 0.3) is 0 Å². The molecular formula is C13H23N3O3S. The van der Waals surface area contributed by atoms with E-state index >= 15 is 0 Å². The van der Waals surface area contributed by atoms with E-state index in [1.54, 1.807) is 20.8 Å². The second-order valence-corrected chi connectivity index (χ2v) is 6.35. The summed E-state index contributed by atoms with van der Waals surface area (Å²) in [5, 5.41) is 0.528. The number of carbonyl (C=O) groups excluding carboxylic acids is 2. The van der Waals surface area contributed by atoms with Crippen LogP contribution in [0, 0.1) is 0 Å². The van der Waals surface area contributed by atoms with Crippen LogP contribution >= 0.6 is 11.8 Å². The standard InChI is InChI=1S/C13H23N3O3S/c1-5-20-12(14)15-8-6-7-10(16-9-17)11(18)19-13(2,3)4/h10H,5-8H2,1-4H3,(H2,14,15)/t10-/m0/s1. The lowest BCUT2D eigenvalue weighted by Gasteiger charge is -2.21. The monoisotopic (exact) mass is 301 g/mol. The van der Waals surface area contributed by atoms with Gasteiger partial charge >= 0.3 is 5.97 Å². The molecule has 0 spiro atoms. The first-order chi connectivity index (χ1) is 9.30. The molecular weight excluding hydrogens is 278 g/mol. The number of carbonyl (C=O) groups is 1. The normalized spacial score (nSPS) is 13.5. The number of nitrogens with two attached hydrogens (primary N) is 1. The number of aliphatic imine (C=N–C) groups is 2. The first-order valence-electron chi connectivity index (χ1n) is 6.52. The van der Waals surface area contributed by atoms with E-state index in [-0.39, 0.29) is 0 Å². The summed E-state index contributed by atoms with van der Waals surface area (Å²) in [5.74, 6) is 0.353. The van der Waals surface area contributed by atoms with Gasteiger partial charge in [-0.15, -0.1) is 0 Å². The first-order valence-corrected chi connectivity index (χ1v) is 7.51. The minimum atomic E-state index is -0.818. The Morgan fingerprint density at radius 1 is 1.45 bits per heavy atom. The van der Waals surface area contributed by atoms with Crippen LogP contribution < -0.4 is 5.73 Å². The van der Waals surface area contributed by atoms with Crippen molar-refractivity contribution >= 4 is 29.0 Å². The lowest BCUT2D eigenvalue weighted by atomic mass is 10.1. The second-order valence-electron chi connectivity index (χ2n) is 5.06. The molecule has 0 radical (unpaired) electrons. The number of ether oxygens (including phenoxy) is 1. The van der Waals surface area contributed by atoms with Crippen molar-refractivity contribution in [2.75, 3.05) is 12.3 Å². The quantitative estimate of drug-likeness (QED) is 0.255. The molecule has 0 bridgehead atoms. The van der Waals surface area contributed by atoms with Crippen molar-refractivity contribution in [3.63, 3.8) is 0 Å². The summed E-state index contributed by atoms with van der Waals surface area (Å²) in [6.45, 7) is 7.77. The van der Waals surface area contributed by atoms with Gasteiger partial charge in [0.15, 0.2) is 11.2 Å². The molecule has 1 atom stereocenters. The number of amidine groups is 1. The summed E-state index contributed by atoms with van der Waals surface area (Å²) < 4.78 is 5.19. The van der Waals surface area contributed by atoms with E-state index in [2.05, 4.69) is 9.98 Å². The molecule has 20 heavy (non-hydrogen) atoms. The van der Waals surface area contributed by atoms with E-state index in [1.165, 1.54) is 17.8 Å². The average Bonchev–Trinajstić information content (AvgIpc) is 2.31. The number of thioether (sulfide) groups is 1. The molecule has 0 amide bonds. The number of hydrogen-bond acceptors (Lipinski definition) is 6. The smallest absolute Gasteiger partial charge is 0.332 e. The van der Waals surface area contributed by atoms with Crippen molar-refractivity contribution < 1.29 is 14.3 Å². The van der Waals surface area contributed by atoms with Gasteiger partial charge < -0.3 is 10.5 Å². The zero-order valence-electron chi connectivity index (χ0n) is 12.5. The van der Waals surface area contributed by atoms with Crippen LogP contribution in [0.1, 0.15) is 40.5 Å². The van der Waals surface area contributed by atoms with Crippen LogP contribution in [-0.2, 0) is 14.3 Å². The van der Waals surface area contributed by atoms with Crippen LogP contribution in [0.3, 0.4) is 0 Å². The van der Waals surface area contributed by atoms with Gasteiger partial charge in [-0.3, -0.25) is 4.99 Å². The highest BCUT2D eigenvalue weighted by molar-refractivity contribution is 8.13. The molecule has 0 saturated heterocycles. The fourth-order valence-corrected chi connectivity index (χ4v) is 1.81. The number of hydrogen-bond donors (Lipinski definition) is 1. The summed E-state index contributed by atoms with van der Waals surface area (Å²) in [5.41, 5.74) is 5.04. The first kappa shape index (κ1) is 18.7. The lowest BCUT2D eigenvalue weighted by molar-refractivity contribution is -0.156. The summed E-state index contributed by atoms with van der Waals surface area (Å²) in [7, 11) is 0. The largest absolute Gasteiger partial charge is 0.458 e. The van der Waals surface area contributed by atoms with E-state index in [1.807, 2.05) is 6.92 Å². The number of nitrogens with zero attached hydrogens (tertiary/aromatic N) is 2. The average molecular weight is 301 g/mol. The van der Waals surface area contributed by atoms with Crippen molar-refractivity contribution in [2.24, 2.45) is 15.7 Å². The Morgan fingerprint density at radius 3 is 2.60 bits per heavy atom. The van der Waals surface area contributed by atoms with Gasteiger partial charge in [0.2, 0.25) is 6.08 Å². The van der Waals surface area contributed by atoms with E-state index < -0.39 is 17.6 Å². The molecule has 0 aliphatic carbocycles. The minimum Gasteiger partial charge on any atom is -0.458 e. The molecule has 0 aliphatic heterocycles. The Bertz CT molecular complexity index is 385. The van der Waals surface area contributed by atoms with Gasteiger partial charge in [0.05, 0.1) is 0 Å². The van der Waals surface area contributed by atoms with Gasteiger partial charge in [0, 0.05) is 6.54 Å². The van der Waals surface area contributed by atoms with Crippen LogP contribution in [0.4, 0.5) is 0 Å². The SMILES string of the molecule is CCSC(N)=NCCC[C@H](N=C=O)C(=O)OC(C)(C)C. The minimum absolute atomic E-state index is 0.387. The second kappa shape index (κ2) is 9.55. The summed E-state index contributed by atoms with van der Waals surface area (Å²) in [4.78, 5) is 29.8. The fourth-order valence-electron chi connectivity index (χ4n) is 1.34. The van der Waals surface area contributed by atoms with Crippen LogP contribution in [0.5, 0.6) is 0 Å². The molecule has 0 fully saturated rings. The molecule has 0 aromatic rings. The number of rotatable bonds is 7. The van der Waals surface area contributed by atoms with E-state index in [0.717, 1.165) is 5.75 Å². The Balaban J connectivity index is 4.32. The molecule has 114 valence electrons. The molecule has 0 saturated carbocycles. The number of esters is 1. The van der Waals surface area contributed by atoms with Crippen LogP contribution in [0.2, 0.25) is 0 Å². The highest BCUT2D eigenvalue weighted by Crippen LogP contribution is 2.12. The molecule has 6 nitrogen and oxygen atoms in total. The number of isocyanates is 1. The molecule has 0 aromatic heterocycles. The Labute approximate surface area is 124 Å². The maximum Gasteiger partial charge on any atom is 0.332 e. The summed E-state index contributed by atoms with van der Waals surface area (Å²) >= 11 is 1.46. The zero-order valence-corrected chi connectivity index (χ0v) is 13.3. The predicted octanol–water partition coefficient (Wildman–Crippen LogP) is 1.88. The van der Waals surface area contributed by atoms with Gasteiger partial charge in [0.25, 0.3) is 0 Å². The Kier molecular flexibility index (Phi) is 8.92. The molecule has 0 heterocycles. The van der Waals surface area contributed by atoms with Gasteiger partial charge in [-0.2, -0.15) is 4.99 Å². The molecule has 0 aliphatic rings. The molecule has 0 rings (SSSR count). The summed E-state index contributed by atoms with van der Waals surface area (Å²) in [6.07, 6.45) is 2.40. The van der Waals surface area contributed by atoms with Crippen molar-refractivity contribution in [1.82, 2.24) is 0 Å². The van der Waals surface area contributed by atoms with E-state index in [4.69, 9.17) is 10.5 Å². The Morgan fingerprint density at radius 2 is 2.10 bits per heavy atom. The molecule has 2 N–H and O–H groups in total. The van der Waals surface area contributed by atoms with Gasteiger partial charge in [-0.05, 0) is 39.4 Å². The maximum absolute atomic E-state index is 11.8. The van der Waals surface area contributed by atoms with Crippen LogP contribution in [0.15, 0.2) is 9.98 Å². The third-order valence-electron chi connectivity index (χ3n) is 2.08. The van der Waals surface area contributed by atoms with Crippen molar-refractivity contribution in [1.29, 1.82) is 0 Å². The Hall–Kier alpha value is -1.33. The van der Waals surface area contributed by atoms with Crippen molar-refractivity contribution in [3.05, 3.63) is 0 Å². The van der Waals surface area contributed by atoms with Crippen LogP contribution in [-0.4, -0.2) is 41.2 Å². The fraction of sp³-hybridized carbons (Fsp3) is 0.769. The van der Waals surface area contributed by atoms with Gasteiger partial charge in [-0.25, -0.2) is 9.59 Å². The predicted molar refractivity (Wildman–Crippen MR) is 81.6 cm³/mol. The highest BCUT2D eigenvalue weighted by atomic mass is 32.2. The third-order valence-corrected chi connectivity index (χ3v) is 2.80. The molecule has 7 heteroatoms. The van der Waals surface area contributed by atoms with Gasteiger partial charge in [0.1, 0.15) is 5.60 Å². The topological polar surface area (TPSA) is 94.1 Å². The molecule has 0 aromatic carbocycles. The maximum atomic E-state index is 11.8. The third kappa shape index (κ3) is 9.58. The van der Waals surface area contributed by atoms with E-state index in [9.17, 15) is 9.59 Å². The highest BCUT2D eigenvalue weighted by Gasteiger charge is 2.24. The molecule has 0 unspecified atom stereocenters. The van der Waals surface area contributed by atoms with E-state index in [0.29, 0.717) is 24.6 Å². The van der Waals surface area contributed by atoms with Gasteiger partial charge in [-0.1, -0.05) is 18.7 Å². The zero-order chi connectivity index (χ0) is 15.6. The summed E-state index contributed by atoms with van der Waals surface area (Å²) in [6, 6.07) is -0.818. The van der Waals surface area contributed by atoms with Crippen molar-refractivity contribution in [2.45, 2.75) is 52.2 Å². The lowest BCUT2D eigenvalue weighted by Crippen LogP contribution is -2.31. The van der Waals surface area contributed by atoms with Crippen molar-refractivity contribution in [3.8, 4) is 0 Å².